The lowest BCUT2D eigenvalue weighted by Crippen LogP contribution is -2.32. The molecule has 10 nitrogen and oxygen atoms in total. The van der Waals surface area contributed by atoms with Crippen molar-refractivity contribution in [2.45, 2.75) is 70.4 Å². The van der Waals surface area contributed by atoms with Crippen LogP contribution in [0, 0.1) is 6.92 Å². The van der Waals surface area contributed by atoms with Crippen LogP contribution >= 0.6 is 0 Å². The molecule has 3 aromatic heterocycles. The molecule has 7 rings (SSSR count). The zero-order valence-corrected chi connectivity index (χ0v) is 23.8. The summed E-state index contributed by atoms with van der Waals surface area (Å²) in [5, 5.41) is 7.24. The summed E-state index contributed by atoms with van der Waals surface area (Å²) in [6, 6.07) is 11.6. The average Bonchev–Trinajstić information content (AvgIpc) is 3.80. The zero-order valence-electron chi connectivity index (χ0n) is 23.8. The van der Waals surface area contributed by atoms with Crippen LogP contribution < -0.4 is 20.1 Å². The van der Waals surface area contributed by atoms with E-state index in [9.17, 15) is 4.79 Å². The van der Waals surface area contributed by atoms with Crippen LogP contribution in [-0.4, -0.2) is 45.1 Å². The van der Waals surface area contributed by atoms with Crippen molar-refractivity contribution < 1.29 is 18.7 Å². The van der Waals surface area contributed by atoms with Gasteiger partial charge in [0.25, 0.3) is 5.91 Å². The third-order valence-corrected chi connectivity index (χ3v) is 8.29. The van der Waals surface area contributed by atoms with Crippen molar-refractivity contribution in [1.82, 2.24) is 25.3 Å². The van der Waals surface area contributed by atoms with E-state index in [0.717, 1.165) is 79.0 Å². The fourth-order valence-electron chi connectivity index (χ4n) is 6.14. The Morgan fingerprint density at radius 3 is 2.62 bits per heavy atom. The molecule has 2 aromatic carbocycles. The Kier molecular flexibility index (Phi) is 6.89. The predicted molar refractivity (Wildman–Crippen MR) is 161 cm³/mol. The Morgan fingerprint density at radius 2 is 1.81 bits per heavy atom. The first kappa shape index (κ1) is 26.3. The number of aromatic amines is 1. The standard InChI is InChI=1S/C32H34N6O4/c1-18-34-25-13-11-19(15-27(25)41-18)23-17-33-29-28(23)31(42-22-9-5-6-10-22)38-32(37-29)36-24-14-12-20(16-26(24)40-2)30(39)35-21-7-3-4-8-21/h11-17,21-22H,3-10H2,1-2H3,(H,35,39)(H2,33,36,37,38). The summed E-state index contributed by atoms with van der Waals surface area (Å²) in [6.07, 6.45) is 10.7. The number of aryl methyl sites for hydroxylation is 1. The van der Waals surface area contributed by atoms with E-state index in [-0.39, 0.29) is 18.1 Å². The van der Waals surface area contributed by atoms with Gasteiger partial charge in [-0.25, -0.2) is 4.98 Å². The highest BCUT2D eigenvalue weighted by atomic mass is 16.5. The highest BCUT2D eigenvalue weighted by molar-refractivity contribution is 5.99. The van der Waals surface area contributed by atoms with Gasteiger partial charge >= 0.3 is 0 Å². The quantitative estimate of drug-likeness (QED) is 0.187. The Labute approximate surface area is 243 Å². The van der Waals surface area contributed by atoms with Crippen LogP contribution in [0.5, 0.6) is 11.6 Å². The van der Waals surface area contributed by atoms with Gasteiger partial charge in [0.05, 0.1) is 18.2 Å². The molecule has 0 saturated heterocycles. The molecule has 0 atom stereocenters. The van der Waals surface area contributed by atoms with Crippen LogP contribution in [0.4, 0.5) is 11.6 Å². The van der Waals surface area contributed by atoms with Crippen LogP contribution in [0.15, 0.2) is 47.0 Å². The molecule has 2 saturated carbocycles. The van der Waals surface area contributed by atoms with Crippen molar-refractivity contribution in [3.05, 3.63) is 54.0 Å². The largest absolute Gasteiger partial charge is 0.495 e. The summed E-state index contributed by atoms with van der Waals surface area (Å²) in [5.41, 5.74) is 5.28. The second kappa shape index (κ2) is 11.0. The molecule has 2 fully saturated rings. The van der Waals surface area contributed by atoms with Crippen molar-refractivity contribution in [2.75, 3.05) is 12.4 Å². The lowest BCUT2D eigenvalue weighted by Gasteiger charge is -2.16. The van der Waals surface area contributed by atoms with Crippen molar-refractivity contribution in [3.63, 3.8) is 0 Å². The molecule has 10 heteroatoms. The number of rotatable bonds is 8. The summed E-state index contributed by atoms with van der Waals surface area (Å²) in [6.45, 7) is 1.84. The van der Waals surface area contributed by atoms with E-state index in [2.05, 4.69) is 20.6 Å². The number of nitrogens with zero attached hydrogens (tertiary/aromatic N) is 3. The number of anilines is 2. The summed E-state index contributed by atoms with van der Waals surface area (Å²) < 4.78 is 18.0. The second-order valence-corrected chi connectivity index (χ2v) is 11.2. The first-order valence-electron chi connectivity index (χ1n) is 14.7. The molecule has 216 valence electrons. The van der Waals surface area contributed by atoms with Gasteiger partial charge in [0.1, 0.15) is 23.0 Å². The van der Waals surface area contributed by atoms with Gasteiger partial charge in [-0.3, -0.25) is 4.79 Å². The van der Waals surface area contributed by atoms with Crippen molar-refractivity contribution in [1.29, 1.82) is 0 Å². The van der Waals surface area contributed by atoms with Gasteiger partial charge < -0.3 is 29.5 Å². The molecule has 0 unspecified atom stereocenters. The maximum atomic E-state index is 12.8. The molecule has 3 N–H and O–H groups in total. The highest BCUT2D eigenvalue weighted by Crippen LogP contribution is 2.38. The molecular formula is C32H34N6O4. The van der Waals surface area contributed by atoms with E-state index >= 15 is 0 Å². The average molecular weight is 567 g/mol. The Morgan fingerprint density at radius 1 is 1.00 bits per heavy atom. The number of hydrogen-bond acceptors (Lipinski definition) is 8. The van der Waals surface area contributed by atoms with Crippen LogP contribution in [-0.2, 0) is 0 Å². The lowest BCUT2D eigenvalue weighted by molar-refractivity contribution is 0.0937. The Hall–Kier alpha value is -4.60. The van der Waals surface area contributed by atoms with E-state index in [4.69, 9.17) is 23.9 Å². The third kappa shape index (κ3) is 5.13. The molecule has 42 heavy (non-hydrogen) atoms. The number of oxazole rings is 1. The normalized spacial score (nSPS) is 16.0. The number of nitrogens with one attached hydrogen (secondary N) is 3. The minimum Gasteiger partial charge on any atom is -0.495 e. The van der Waals surface area contributed by atoms with E-state index in [1.54, 1.807) is 19.2 Å². The molecular weight excluding hydrogens is 532 g/mol. The summed E-state index contributed by atoms with van der Waals surface area (Å²) in [5.74, 6) is 1.95. The number of benzene rings is 2. The molecule has 0 spiro atoms. The second-order valence-electron chi connectivity index (χ2n) is 11.2. The molecule has 1 amide bonds. The number of fused-ring (bicyclic) bond motifs is 2. The molecule has 0 aliphatic heterocycles. The van der Waals surface area contributed by atoms with Crippen LogP contribution in [0.3, 0.4) is 0 Å². The van der Waals surface area contributed by atoms with E-state index in [1.807, 2.05) is 37.4 Å². The van der Waals surface area contributed by atoms with Gasteiger partial charge in [-0.1, -0.05) is 18.9 Å². The van der Waals surface area contributed by atoms with Crippen LogP contribution in [0.2, 0.25) is 0 Å². The van der Waals surface area contributed by atoms with E-state index in [1.165, 1.54) is 0 Å². The monoisotopic (exact) mass is 566 g/mol. The van der Waals surface area contributed by atoms with Crippen LogP contribution in [0.1, 0.15) is 67.6 Å². The summed E-state index contributed by atoms with van der Waals surface area (Å²) >= 11 is 0. The molecule has 2 aliphatic carbocycles. The van der Waals surface area contributed by atoms with Gasteiger partial charge in [0, 0.05) is 30.3 Å². The van der Waals surface area contributed by atoms with Crippen LogP contribution in [0.25, 0.3) is 33.3 Å². The number of H-pyrrole nitrogens is 1. The van der Waals surface area contributed by atoms with E-state index < -0.39 is 0 Å². The van der Waals surface area contributed by atoms with Crippen molar-refractivity contribution in [3.8, 4) is 22.8 Å². The first-order chi connectivity index (χ1) is 20.5. The summed E-state index contributed by atoms with van der Waals surface area (Å²) in [7, 11) is 1.59. The SMILES string of the molecule is COc1cc(C(=O)NC2CCCC2)ccc1Nc1nc(OC2CCCC2)c2c(-c3ccc4nc(C)oc4c3)c[nH]c2n1. The number of carbonyl (C=O) groups excluding carboxylic acids is 1. The first-order valence-corrected chi connectivity index (χ1v) is 14.7. The van der Waals surface area contributed by atoms with Crippen molar-refractivity contribution in [2.24, 2.45) is 0 Å². The fraction of sp³-hybridized carbons (Fsp3) is 0.375. The Bertz CT molecular complexity index is 1760. The van der Waals surface area contributed by atoms with Gasteiger partial charge in [-0.2, -0.15) is 9.97 Å². The molecule has 2 aliphatic rings. The minimum atomic E-state index is -0.0886. The maximum Gasteiger partial charge on any atom is 0.251 e. The number of ether oxygens (including phenoxy) is 2. The third-order valence-electron chi connectivity index (χ3n) is 8.29. The van der Waals surface area contributed by atoms with Crippen molar-refractivity contribution >= 4 is 39.7 Å². The van der Waals surface area contributed by atoms with Gasteiger partial charge in [-0.05, 0) is 74.4 Å². The Balaban J connectivity index is 1.22. The minimum absolute atomic E-state index is 0.0886. The number of aromatic nitrogens is 4. The maximum absolute atomic E-state index is 12.8. The van der Waals surface area contributed by atoms with E-state index in [0.29, 0.717) is 40.4 Å². The smallest absolute Gasteiger partial charge is 0.251 e. The number of methoxy groups -OCH3 is 1. The highest BCUT2D eigenvalue weighted by Gasteiger charge is 2.24. The predicted octanol–water partition coefficient (Wildman–Crippen LogP) is 6.82. The number of carbonyl (C=O) groups is 1. The fourth-order valence-corrected chi connectivity index (χ4v) is 6.14. The molecule has 0 radical (unpaired) electrons. The zero-order chi connectivity index (χ0) is 28.6. The topological polar surface area (TPSA) is 127 Å². The lowest BCUT2D eigenvalue weighted by atomic mass is 10.1. The number of hydrogen-bond donors (Lipinski definition) is 3. The molecule has 3 heterocycles. The van der Waals surface area contributed by atoms with Gasteiger partial charge in [0.15, 0.2) is 11.5 Å². The molecule has 0 bridgehead atoms. The van der Waals surface area contributed by atoms with Gasteiger partial charge in [0.2, 0.25) is 11.8 Å². The summed E-state index contributed by atoms with van der Waals surface area (Å²) in [4.78, 5) is 30.2. The molecule has 5 aromatic rings. The van der Waals surface area contributed by atoms with Gasteiger partial charge in [-0.15, -0.1) is 0 Å². The number of amides is 1.